The Balaban J connectivity index is 2.13. The van der Waals surface area contributed by atoms with E-state index in [1.54, 1.807) is 18.2 Å². The maximum absolute atomic E-state index is 11.5. The molecule has 0 unspecified atom stereocenters. The van der Waals surface area contributed by atoms with Crippen molar-refractivity contribution in [1.82, 2.24) is 10.6 Å². The van der Waals surface area contributed by atoms with Crippen LogP contribution in [0.25, 0.3) is 0 Å². The molecule has 1 fully saturated rings. The number of amides is 1. The monoisotopic (exact) mass is 258 g/mol. The van der Waals surface area contributed by atoms with Crippen LogP contribution in [0.5, 0.6) is 0 Å². The number of carbonyl (C=O) groups excluding carboxylic acids is 1. The summed E-state index contributed by atoms with van der Waals surface area (Å²) in [6.07, 6.45) is 0.561. The molecule has 1 aromatic carbocycles. The van der Waals surface area contributed by atoms with E-state index >= 15 is 0 Å². The van der Waals surface area contributed by atoms with Crippen LogP contribution in [-0.4, -0.2) is 25.0 Å². The topological polar surface area (TPSA) is 41.1 Å². The third-order valence-electron chi connectivity index (χ3n) is 2.56. The summed E-state index contributed by atoms with van der Waals surface area (Å²) in [4.78, 5) is 11.5. The Morgan fingerprint density at radius 3 is 2.88 bits per heavy atom. The maximum atomic E-state index is 11.5. The molecule has 1 atom stereocenters. The summed E-state index contributed by atoms with van der Waals surface area (Å²) in [6, 6.07) is 5.07. The predicted octanol–water partition coefficient (Wildman–Crippen LogP) is 1.62. The van der Waals surface area contributed by atoms with Gasteiger partial charge in [-0.1, -0.05) is 23.2 Å². The standard InChI is InChI=1S/C11H12Cl2N2O/c12-8-1-2-9(13)7(5-8)6-10-11(16)15-4-3-14-10/h1-2,5,10,14H,3-4,6H2,(H,15,16)/t10-/m1/s1. The van der Waals surface area contributed by atoms with E-state index in [1.165, 1.54) is 0 Å². The van der Waals surface area contributed by atoms with E-state index in [2.05, 4.69) is 10.6 Å². The molecule has 86 valence electrons. The van der Waals surface area contributed by atoms with Crippen molar-refractivity contribution in [3.63, 3.8) is 0 Å². The highest BCUT2D eigenvalue weighted by atomic mass is 35.5. The number of halogens is 2. The van der Waals surface area contributed by atoms with Crippen LogP contribution in [-0.2, 0) is 11.2 Å². The molecule has 2 N–H and O–H groups in total. The van der Waals surface area contributed by atoms with Crippen molar-refractivity contribution in [2.75, 3.05) is 13.1 Å². The van der Waals surface area contributed by atoms with Gasteiger partial charge >= 0.3 is 0 Å². The number of piperazine rings is 1. The van der Waals surface area contributed by atoms with Gasteiger partial charge < -0.3 is 10.6 Å². The Morgan fingerprint density at radius 2 is 2.12 bits per heavy atom. The third-order valence-corrected chi connectivity index (χ3v) is 3.17. The van der Waals surface area contributed by atoms with Crippen molar-refractivity contribution < 1.29 is 4.79 Å². The van der Waals surface area contributed by atoms with Gasteiger partial charge in [-0.25, -0.2) is 0 Å². The summed E-state index contributed by atoms with van der Waals surface area (Å²) in [5.74, 6) is 0.0160. The molecule has 1 saturated heterocycles. The molecule has 1 amide bonds. The Labute approximate surface area is 104 Å². The highest BCUT2D eigenvalue weighted by Crippen LogP contribution is 2.22. The number of rotatable bonds is 2. The molecule has 16 heavy (non-hydrogen) atoms. The van der Waals surface area contributed by atoms with Gasteiger partial charge in [0.1, 0.15) is 0 Å². The smallest absolute Gasteiger partial charge is 0.237 e. The van der Waals surface area contributed by atoms with Crippen LogP contribution in [0, 0.1) is 0 Å². The van der Waals surface area contributed by atoms with E-state index in [4.69, 9.17) is 23.2 Å². The van der Waals surface area contributed by atoms with Crippen molar-refractivity contribution in [2.24, 2.45) is 0 Å². The van der Waals surface area contributed by atoms with Gasteiger partial charge in [0.15, 0.2) is 0 Å². The van der Waals surface area contributed by atoms with Crippen LogP contribution in [0.15, 0.2) is 18.2 Å². The summed E-state index contributed by atoms with van der Waals surface area (Å²) in [6.45, 7) is 1.47. The number of carbonyl (C=O) groups is 1. The van der Waals surface area contributed by atoms with Crippen LogP contribution in [0.2, 0.25) is 10.0 Å². The lowest BCUT2D eigenvalue weighted by atomic mass is 10.0. The summed E-state index contributed by atoms with van der Waals surface area (Å²) < 4.78 is 0. The first-order valence-corrected chi connectivity index (χ1v) is 5.87. The van der Waals surface area contributed by atoms with Crippen LogP contribution >= 0.6 is 23.2 Å². The summed E-state index contributed by atoms with van der Waals surface area (Å²) in [5.41, 5.74) is 0.892. The van der Waals surface area contributed by atoms with Gasteiger partial charge in [0.2, 0.25) is 5.91 Å². The maximum Gasteiger partial charge on any atom is 0.237 e. The Bertz CT molecular complexity index is 409. The minimum Gasteiger partial charge on any atom is -0.353 e. The summed E-state index contributed by atoms with van der Waals surface area (Å²) >= 11 is 11.9. The molecule has 0 bridgehead atoms. The molecule has 1 aliphatic heterocycles. The van der Waals surface area contributed by atoms with E-state index in [0.29, 0.717) is 23.0 Å². The number of hydrogen-bond donors (Lipinski definition) is 2. The summed E-state index contributed by atoms with van der Waals surface area (Å²) in [7, 11) is 0. The normalized spacial score (nSPS) is 20.6. The van der Waals surface area contributed by atoms with Crippen LogP contribution in [0.4, 0.5) is 0 Å². The van der Waals surface area contributed by atoms with Crippen molar-refractivity contribution in [1.29, 1.82) is 0 Å². The molecule has 0 radical (unpaired) electrons. The summed E-state index contributed by atoms with van der Waals surface area (Å²) in [5, 5.41) is 7.24. The second-order valence-corrected chi connectivity index (χ2v) is 4.58. The second kappa shape index (κ2) is 5.04. The average molecular weight is 259 g/mol. The Hall–Kier alpha value is -0.770. The molecule has 0 aliphatic carbocycles. The minimum atomic E-state index is -0.218. The van der Waals surface area contributed by atoms with Crippen molar-refractivity contribution in [3.05, 3.63) is 33.8 Å². The zero-order chi connectivity index (χ0) is 11.5. The lowest BCUT2D eigenvalue weighted by Crippen LogP contribution is -2.53. The molecule has 1 heterocycles. The van der Waals surface area contributed by atoms with Gasteiger partial charge in [-0.05, 0) is 30.2 Å². The first-order chi connectivity index (χ1) is 7.66. The Morgan fingerprint density at radius 1 is 1.31 bits per heavy atom. The van der Waals surface area contributed by atoms with Gasteiger partial charge in [0, 0.05) is 23.1 Å². The second-order valence-electron chi connectivity index (χ2n) is 3.74. The van der Waals surface area contributed by atoms with E-state index in [0.717, 1.165) is 12.1 Å². The van der Waals surface area contributed by atoms with Crippen molar-refractivity contribution in [2.45, 2.75) is 12.5 Å². The lowest BCUT2D eigenvalue weighted by molar-refractivity contribution is -0.124. The molecule has 3 nitrogen and oxygen atoms in total. The Kier molecular flexibility index (Phi) is 3.69. The molecule has 0 spiro atoms. The predicted molar refractivity (Wildman–Crippen MR) is 65.0 cm³/mol. The minimum absolute atomic E-state index is 0.0160. The number of benzene rings is 1. The van der Waals surface area contributed by atoms with Gasteiger partial charge in [-0.2, -0.15) is 0 Å². The fraction of sp³-hybridized carbons (Fsp3) is 0.364. The number of nitrogens with one attached hydrogen (secondary N) is 2. The van der Waals surface area contributed by atoms with Crippen LogP contribution < -0.4 is 10.6 Å². The van der Waals surface area contributed by atoms with E-state index in [-0.39, 0.29) is 11.9 Å². The molecule has 5 heteroatoms. The zero-order valence-corrected chi connectivity index (χ0v) is 10.1. The molecule has 1 aromatic rings. The van der Waals surface area contributed by atoms with E-state index in [9.17, 15) is 4.79 Å². The first-order valence-electron chi connectivity index (χ1n) is 5.12. The van der Waals surface area contributed by atoms with Gasteiger partial charge in [0.25, 0.3) is 0 Å². The number of hydrogen-bond acceptors (Lipinski definition) is 2. The zero-order valence-electron chi connectivity index (χ0n) is 8.59. The van der Waals surface area contributed by atoms with Gasteiger partial charge in [-0.15, -0.1) is 0 Å². The highest BCUT2D eigenvalue weighted by Gasteiger charge is 2.22. The van der Waals surface area contributed by atoms with Crippen LogP contribution in [0.1, 0.15) is 5.56 Å². The van der Waals surface area contributed by atoms with Crippen LogP contribution in [0.3, 0.4) is 0 Å². The third kappa shape index (κ3) is 2.67. The molecule has 0 aromatic heterocycles. The molecular formula is C11H12Cl2N2O. The quantitative estimate of drug-likeness (QED) is 0.847. The highest BCUT2D eigenvalue weighted by molar-refractivity contribution is 6.33. The molecule has 2 rings (SSSR count). The molecule has 1 aliphatic rings. The molecule has 0 saturated carbocycles. The first kappa shape index (κ1) is 11.7. The molecular weight excluding hydrogens is 247 g/mol. The fourth-order valence-electron chi connectivity index (χ4n) is 1.73. The van der Waals surface area contributed by atoms with E-state index < -0.39 is 0 Å². The van der Waals surface area contributed by atoms with E-state index in [1.807, 2.05) is 0 Å². The van der Waals surface area contributed by atoms with Gasteiger partial charge in [0.05, 0.1) is 6.04 Å². The largest absolute Gasteiger partial charge is 0.353 e. The lowest BCUT2D eigenvalue weighted by Gasteiger charge is -2.23. The SMILES string of the molecule is O=C1NCCN[C@@H]1Cc1cc(Cl)ccc1Cl. The average Bonchev–Trinajstić information content (AvgIpc) is 2.27. The van der Waals surface area contributed by atoms with Gasteiger partial charge in [-0.3, -0.25) is 4.79 Å². The van der Waals surface area contributed by atoms with Crippen molar-refractivity contribution in [3.8, 4) is 0 Å². The fourth-order valence-corrected chi connectivity index (χ4v) is 2.12. The van der Waals surface area contributed by atoms with Crippen molar-refractivity contribution >= 4 is 29.1 Å².